The highest BCUT2D eigenvalue weighted by atomic mass is 16.6. The SMILES string of the molecule is Cc1nc2c([N+](=O)[O-])cc(C(=O)O)cc2[nH]1. The summed E-state index contributed by atoms with van der Waals surface area (Å²) in [6, 6.07) is 2.33. The lowest BCUT2D eigenvalue weighted by Gasteiger charge is -1.96. The molecule has 0 aliphatic heterocycles. The molecule has 2 rings (SSSR count). The summed E-state index contributed by atoms with van der Waals surface area (Å²) in [6.45, 7) is 1.64. The molecule has 0 aliphatic rings. The number of aromatic amines is 1. The zero-order valence-corrected chi connectivity index (χ0v) is 8.22. The normalized spacial score (nSPS) is 10.6. The van der Waals surface area contributed by atoms with Crippen LogP contribution in [0.4, 0.5) is 5.69 Å². The van der Waals surface area contributed by atoms with Gasteiger partial charge < -0.3 is 10.1 Å². The third-order valence-corrected chi connectivity index (χ3v) is 2.13. The Hall–Kier alpha value is -2.44. The fourth-order valence-corrected chi connectivity index (χ4v) is 1.49. The van der Waals surface area contributed by atoms with E-state index >= 15 is 0 Å². The molecule has 82 valence electrons. The molecule has 0 radical (unpaired) electrons. The average molecular weight is 221 g/mol. The van der Waals surface area contributed by atoms with Crippen molar-refractivity contribution in [1.82, 2.24) is 9.97 Å². The molecule has 2 aromatic rings. The highest BCUT2D eigenvalue weighted by Crippen LogP contribution is 2.25. The Morgan fingerprint density at radius 1 is 1.56 bits per heavy atom. The zero-order chi connectivity index (χ0) is 11.9. The molecular weight excluding hydrogens is 214 g/mol. The summed E-state index contributed by atoms with van der Waals surface area (Å²) in [4.78, 5) is 27.6. The summed E-state index contributed by atoms with van der Waals surface area (Å²) < 4.78 is 0. The number of nitro benzene ring substituents is 1. The van der Waals surface area contributed by atoms with Crippen molar-refractivity contribution in [3.63, 3.8) is 0 Å². The number of hydrogen-bond donors (Lipinski definition) is 2. The lowest BCUT2D eigenvalue weighted by molar-refractivity contribution is -0.383. The van der Waals surface area contributed by atoms with Crippen LogP contribution in [0.25, 0.3) is 11.0 Å². The monoisotopic (exact) mass is 221 g/mol. The molecule has 7 heteroatoms. The highest BCUT2D eigenvalue weighted by molar-refractivity contribution is 5.96. The minimum Gasteiger partial charge on any atom is -0.478 e. The summed E-state index contributed by atoms with van der Waals surface area (Å²) in [7, 11) is 0. The Bertz CT molecular complexity index is 602. The molecule has 1 aromatic carbocycles. The number of hydrogen-bond acceptors (Lipinski definition) is 4. The molecule has 16 heavy (non-hydrogen) atoms. The lowest BCUT2D eigenvalue weighted by Crippen LogP contribution is -1.98. The highest BCUT2D eigenvalue weighted by Gasteiger charge is 2.19. The van der Waals surface area contributed by atoms with Crippen molar-refractivity contribution in [1.29, 1.82) is 0 Å². The van der Waals surface area contributed by atoms with Crippen LogP contribution in [0, 0.1) is 17.0 Å². The molecule has 1 aromatic heterocycles. The minimum atomic E-state index is -1.21. The van der Waals surface area contributed by atoms with E-state index in [1.165, 1.54) is 6.07 Å². The van der Waals surface area contributed by atoms with Crippen molar-refractivity contribution >= 4 is 22.7 Å². The molecule has 0 bridgehead atoms. The van der Waals surface area contributed by atoms with Gasteiger partial charge in [0.05, 0.1) is 16.0 Å². The van der Waals surface area contributed by atoms with Gasteiger partial charge in [-0.05, 0) is 13.0 Å². The zero-order valence-electron chi connectivity index (χ0n) is 8.22. The quantitative estimate of drug-likeness (QED) is 0.589. The lowest BCUT2D eigenvalue weighted by atomic mass is 10.1. The molecule has 0 spiro atoms. The molecule has 1 heterocycles. The molecule has 0 saturated heterocycles. The summed E-state index contributed by atoms with van der Waals surface area (Å²) in [6.07, 6.45) is 0. The van der Waals surface area contributed by atoms with E-state index < -0.39 is 10.9 Å². The number of carboxylic acids is 1. The number of nitro groups is 1. The smallest absolute Gasteiger partial charge is 0.336 e. The first-order valence-corrected chi connectivity index (χ1v) is 4.37. The van der Waals surface area contributed by atoms with E-state index in [0.717, 1.165) is 6.07 Å². The number of nitrogens with one attached hydrogen (secondary N) is 1. The molecule has 2 N–H and O–H groups in total. The van der Waals surface area contributed by atoms with Gasteiger partial charge in [-0.2, -0.15) is 0 Å². The van der Waals surface area contributed by atoms with E-state index in [-0.39, 0.29) is 16.8 Å². The average Bonchev–Trinajstić information content (AvgIpc) is 2.55. The molecule has 0 fully saturated rings. The molecule has 0 amide bonds. The summed E-state index contributed by atoms with van der Waals surface area (Å²) >= 11 is 0. The number of aromatic nitrogens is 2. The summed E-state index contributed by atoms with van der Waals surface area (Å²) in [5.74, 6) is -0.710. The van der Waals surface area contributed by atoms with Gasteiger partial charge in [0.1, 0.15) is 5.82 Å². The number of non-ortho nitro benzene ring substituents is 1. The van der Waals surface area contributed by atoms with Crippen molar-refractivity contribution in [3.8, 4) is 0 Å². The van der Waals surface area contributed by atoms with Crippen LogP contribution in [-0.4, -0.2) is 26.0 Å². The fraction of sp³-hybridized carbons (Fsp3) is 0.111. The van der Waals surface area contributed by atoms with Crippen LogP contribution in [0.15, 0.2) is 12.1 Å². The predicted octanol–water partition coefficient (Wildman–Crippen LogP) is 1.48. The third-order valence-electron chi connectivity index (χ3n) is 2.13. The minimum absolute atomic E-state index is 0.136. The van der Waals surface area contributed by atoms with Gasteiger partial charge in [-0.25, -0.2) is 9.78 Å². The van der Waals surface area contributed by atoms with Gasteiger partial charge in [0, 0.05) is 6.07 Å². The van der Waals surface area contributed by atoms with E-state index in [4.69, 9.17) is 5.11 Å². The number of rotatable bonds is 2. The molecule has 0 saturated carbocycles. The molecule has 0 atom stereocenters. The van der Waals surface area contributed by atoms with Gasteiger partial charge in [-0.1, -0.05) is 0 Å². The van der Waals surface area contributed by atoms with Gasteiger partial charge in [-0.3, -0.25) is 10.1 Å². The topological polar surface area (TPSA) is 109 Å². The maximum absolute atomic E-state index is 10.8. The van der Waals surface area contributed by atoms with Crippen molar-refractivity contribution in [3.05, 3.63) is 33.6 Å². The number of nitrogens with zero attached hydrogens (tertiary/aromatic N) is 2. The Morgan fingerprint density at radius 2 is 2.25 bits per heavy atom. The van der Waals surface area contributed by atoms with Crippen molar-refractivity contribution in [2.45, 2.75) is 6.92 Å². The number of fused-ring (bicyclic) bond motifs is 1. The predicted molar refractivity (Wildman–Crippen MR) is 54.4 cm³/mol. The standard InChI is InChI=1S/C9H7N3O4/c1-4-10-6-2-5(9(13)14)3-7(12(15)16)8(6)11-4/h2-3H,1H3,(H,10,11)(H,13,14). The first kappa shape index (κ1) is 10.1. The second-order valence-corrected chi connectivity index (χ2v) is 3.28. The summed E-state index contributed by atoms with van der Waals surface area (Å²) in [5.41, 5.74) is 0.0821. The van der Waals surface area contributed by atoms with Gasteiger partial charge in [0.2, 0.25) is 0 Å². The Morgan fingerprint density at radius 3 is 2.81 bits per heavy atom. The number of imidazole rings is 1. The van der Waals surface area contributed by atoms with E-state index in [1.807, 2.05) is 0 Å². The Balaban J connectivity index is 2.83. The number of aromatic carboxylic acids is 1. The van der Waals surface area contributed by atoms with Crippen LogP contribution < -0.4 is 0 Å². The van der Waals surface area contributed by atoms with Gasteiger partial charge in [0.15, 0.2) is 5.52 Å². The number of aryl methyl sites for hydroxylation is 1. The van der Waals surface area contributed by atoms with Gasteiger partial charge >= 0.3 is 5.97 Å². The second kappa shape index (κ2) is 3.30. The molecule has 0 aliphatic carbocycles. The van der Waals surface area contributed by atoms with Crippen LogP contribution in [0.5, 0.6) is 0 Å². The fourth-order valence-electron chi connectivity index (χ4n) is 1.49. The number of H-pyrrole nitrogens is 1. The van der Waals surface area contributed by atoms with Crippen molar-refractivity contribution in [2.75, 3.05) is 0 Å². The van der Waals surface area contributed by atoms with Crippen LogP contribution >= 0.6 is 0 Å². The first-order chi connectivity index (χ1) is 7.49. The van der Waals surface area contributed by atoms with E-state index in [1.54, 1.807) is 6.92 Å². The molecular formula is C9H7N3O4. The van der Waals surface area contributed by atoms with E-state index in [2.05, 4.69) is 9.97 Å². The van der Waals surface area contributed by atoms with Crippen molar-refractivity contribution < 1.29 is 14.8 Å². The Kier molecular flexibility index (Phi) is 2.08. The summed E-state index contributed by atoms with van der Waals surface area (Å²) in [5, 5.41) is 19.6. The van der Waals surface area contributed by atoms with Crippen LogP contribution in [-0.2, 0) is 0 Å². The largest absolute Gasteiger partial charge is 0.478 e. The van der Waals surface area contributed by atoms with Crippen LogP contribution in [0.3, 0.4) is 0 Å². The number of carbonyl (C=O) groups is 1. The van der Waals surface area contributed by atoms with E-state index in [9.17, 15) is 14.9 Å². The van der Waals surface area contributed by atoms with Crippen LogP contribution in [0.2, 0.25) is 0 Å². The van der Waals surface area contributed by atoms with Crippen molar-refractivity contribution in [2.24, 2.45) is 0 Å². The maximum Gasteiger partial charge on any atom is 0.336 e. The number of benzene rings is 1. The molecule has 7 nitrogen and oxygen atoms in total. The first-order valence-electron chi connectivity index (χ1n) is 4.37. The van der Waals surface area contributed by atoms with Gasteiger partial charge in [0.25, 0.3) is 5.69 Å². The van der Waals surface area contributed by atoms with E-state index in [0.29, 0.717) is 11.3 Å². The van der Waals surface area contributed by atoms with Crippen LogP contribution in [0.1, 0.15) is 16.2 Å². The number of carboxylic acid groups (broad SMARTS) is 1. The third kappa shape index (κ3) is 1.48. The molecule has 0 unspecified atom stereocenters. The van der Waals surface area contributed by atoms with Gasteiger partial charge in [-0.15, -0.1) is 0 Å². The second-order valence-electron chi connectivity index (χ2n) is 3.28. The maximum atomic E-state index is 10.8. The Labute approximate surface area is 88.9 Å².